The minimum absolute atomic E-state index is 0.0267. The Labute approximate surface area is 248 Å². The minimum atomic E-state index is -1.02. The van der Waals surface area contributed by atoms with Crippen molar-refractivity contribution in [3.05, 3.63) is 180 Å². The molecule has 0 bridgehead atoms. The van der Waals surface area contributed by atoms with Gasteiger partial charge < -0.3 is 5.11 Å². The van der Waals surface area contributed by atoms with E-state index in [2.05, 4.69) is 109 Å². The molecule has 1 aliphatic carbocycles. The maximum atomic E-state index is 14.3. The van der Waals surface area contributed by atoms with Crippen molar-refractivity contribution in [1.29, 1.82) is 0 Å². The summed E-state index contributed by atoms with van der Waals surface area (Å²) < 4.78 is 0. The molecule has 202 valence electrons. The van der Waals surface area contributed by atoms with E-state index in [4.69, 9.17) is 0 Å². The van der Waals surface area contributed by atoms with E-state index in [-0.39, 0.29) is 5.78 Å². The number of ketones is 1. The Hall–Kier alpha value is -4.19. The molecule has 0 saturated carbocycles. The molecule has 0 unspecified atom stereocenters. The van der Waals surface area contributed by atoms with Crippen LogP contribution in [0.5, 0.6) is 0 Å². The number of rotatable bonds is 6. The third-order valence-electron chi connectivity index (χ3n) is 7.74. The van der Waals surface area contributed by atoms with E-state index in [1.54, 1.807) is 0 Å². The molecule has 0 aliphatic heterocycles. The molecule has 0 radical (unpaired) electrons. The highest BCUT2D eigenvalue weighted by atomic mass is 31.1. The summed E-state index contributed by atoms with van der Waals surface area (Å²) in [6, 6.07) is 53.7. The van der Waals surface area contributed by atoms with Gasteiger partial charge in [0.2, 0.25) is 0 Å². The van der Waals surface area contributed by atoms with Crippen LogP contribution in [0.1, 0.15) is 33.2 Å². The predicted octanol–water partition coefficient (Wildman–Crippen LogP) is 5.83. The highest BCUT2D eigenvalue weighted by Gasteiger charge is 2.37. The first-order chi connectivity index (χ1) is 20.7. The summed E-state index contributed by atoms with van der Waals surface area (Å²) in [7, 11) is -2.03. The molecule has 6 aromatic rings. The zero-order valence-electron chi connectivity index (χ0n) is 22.8. The molecule has 0 saturated heterocycles. The number of aliphatic hydroxyl groups excluding tert-OH is 1. The van der Waals surface area contributed by atoms with E-state index < -0.39 is 21.9 Å². The largest absolute Gasteiger partial charge is 0.384 e. The highest BCUT2D eigenvalue weighted by Crippen LogP contribution is 2.44. The van der Waals surface area contributed by atoms with Crippen molar-refractivity contribution in [3.63, 3.8) is 0 Å². The third kappa shape index (κ3) is 4.73. The van der Waals surface area contributed by atoms with Gasteiger partial charge in [0, 0.05) is 22.3 Å². The number of carbonyl (C=O) groups excluding carboxylic acids is 1. The monoisotopic (exact) mass is 578 g/mol. The lowest BCUT2D eigenvalue weighted by Gasteiger charge is -2.33. The molecule has 1 N–H and O–H groups in total. The van der Waals surface area contributed by atoms with Gasteiger partial charge in [-0.05, 0) is 47.7 Å². The van der Waals surface area contributed by atoms with Gasteiger partial charge in [-0.2, -0.15) is 0 Å². The van der Waals surface area contributed by atoms with Crippen LogP contribution in [0.25, 0.3) is 0 Å². The second kappa shape index (κ2) is 11.6. The number of hydrogen-bond donors (Lipinski definition) is 1. The van der Waals surface area contributed by atoms with Crippen molar-refractivity contribution in [2.75, 3.05) is 0 Å². The summed E-state index contributed by atoms with van der Waals surface area (Å²) in [5, 5.41) is 19.2. The zero-order valence-corrected chi connectivity index (χ0v) is 24.6. The fourth-order valence-electron chi connectivity index (χ4n) is 5.92. The van der Waals surface area contributed by atoms with E-state index in [0.29, 0.717) is 11.1 Å². The molecule has 0 aromatic heterocycles. The van der Waals surface area contributed by atoms with E-state index in [0.717, 1.165) is 21.7 Å². The van der Waals surface area contributed by atoms with Crippen LogP contribution in [0.4, 0.5) is 0 Å². The summed E-state index contributed by atoms with van der Waals surface area (Å²) in [4.78, 5) is 14.3. The number of benzene rings is 6. The quantitative estimate of drug-likeness (QED) is 0.253. The van der Waals surface area contributed by atoms with Gasteiger partial charge in [-0.25, -0.2) is 0 Å². The first kappa shape index (κ1) is 26.7. The molecule has 4 heteroatoms. The topological polar surface area (TPSA) is 37.3 Å². The summed E-state index contributed by atoms with van der Waals surface area (Å²) in [6.07, 6.45) is -0.935. The Morgan fingerprint density at radius 3 is 1.02 bits per heavy atom. The molecule has 7 rings (SSSR count). The summed E-state index contributed by atoms with van der Waals surface area (Å²) in [5.74, 6) is -0.0267. The number of aliphatic hydroxyl groups is 1. The summed E-state index contributed by atoms with van der Waals surface area (Å²) in [6.45, 7) is 0. The van der Waals surface area contributed by atoms with Gasteiger partial charge in [0.15, 0.2) is 5.78 Å². The van der Waals surface area contributed by atoms with Gasteiger partial charge in [0.05, 0.1) is 0 Å². The van der Waals surface area contributed by atoms with Crippen LogP contribution in [0, 0.1) is 0 Å². The smallest absolute Gasteiger partial charge is 0.193 e. The minimum Gasteiger partial charge on any atom is -0.384 e. The molecule has 0 heterocycles. The van der Waals surface area contributed by atoms with E-state index in [1.165, 1.54) is 21.2 Å². The van der Waals surface area contributed by atoms with E-state index >= 15 is 0 Å². The van der Waals surface area contributed by atoms with Gasteiger partial charge in [-0.3, -0.25) is 4.79 Å². The maximum Gasteiger partial charge on any atom is 0.193 e. The van der Waals surface area contributed by atoms with Crippen LogP contribution in [-0.2, 0) is 0 Å². The molecule has 0 fully saturated rings. The van der Waals surface area contributed by atoms with Gasteiger partial charge in [0.1, 0.15) is 6.10 Å². The molecule has 1 aliphatic rings. The number of carbonyl (C=O) groups is 1. The van der Waals surface area contributed by atoms with Crippen LogP contribution in [0.15, 0.2) is 158 Å². The van der Waals surface area contributed by atoms with Crippen LogP contribution in [0.3, 0.4) is 0 Å². The number of hydrogen-bond acceptors (Lipinski definition) is 2. The van der Waals surface area contributed by atoms with Gasteiger partial charge in [0.25, 0.3) is 0 Å². The third-order valence-corrected chi connectivity index (χ3v) is 12.7. The summed E-state index contributed by atoms with van der Waals surface area (Å²) in [5.41, 5.74) is 2.65. The molecule has 2 nitrogen and oxygen atoms in total. The second-order valence-electron chi connectivity index (χ2n) is 10.2. The predicted molar refractivity (Wildman–Crippen MR) is 178 cm³/mol. The zero-order chi connectivity index (χ0) is 28.5. The normalized spacial score (nSPS) is 12.8. The van der Waals surface area contributed by atoms with Crippen molar-refractivity contribution in [1.82, 2.24) is 0 Å². The fraction of sp³-hybridized carbons (Fsp3) is 0.0263. The Balaban J connectivity index is 1.46. The van der Waals surface area contributed by atoms with Crippen molar-refractivity contribution < 1.29 is 9.90 Å². The SMILES string of the molecule is O=C1c2cccc(P(c3ccccc3)c3ccccc3)c2C(O)c2c1cccc2P(c1ccccc1)c1ccccc1. The fourth-order valence-corrected chi connectivity index (χ4v) is 10.9. The lowest BCUT2D eigenvalue weighted by molar-refractivity contribution is 0.102. The van der Waals surface area contributed by atoms with Crippen molar-refractivity contribution in [2.24, 2.45) is 0 Å². The molecule has 0 amide bonds. The standard InChI is InChI=1S/C38H28O2P2/c39-37-31-23-13-25-33(41(27-15-5-1-6-16-27)28-17-7-2-8-18-28)35(31)38(40)36-32(37)24-14-26-34(36)42(29-19-9-3-10-20-29)30-21-11-4-12-22-30/h1-26,38,40H. The Morgan fingerprint density at radius 1 is 0.405 bits per heavy atom. The molecular weight excluding hydrogens is 550 g/mol. The molecule has 6 aromatic carbocycles. The average molecular weight is 579 g/mol. The Kier molecular flexibility index (Phi) is 7.37. The molecule has 42 heavy (non-hydrogen) atoms. The number of fused-ring (bicyclic) bond motifs is 2. The van der Waals surface area contributed by atoms with Crippen molar-refractivity contribution in [2.45, 2.75) is 6.10 Å². The van der Waals surface area contributed by atoms with Crippen LogP contribution < -0.4 is 31.8 Å². The molecular formula is C38H28O2P2. The van der Waals surface area contributed by atoms with E-state index in [1.807, 2.05) is 48.5 Å². The first-order valence-corrected chi connectivity index (χ1v) is 16.7. The molecule has 0 atom stereocenters. The lowest BCUT2D eigenvalue weighted by atomic mass is 9.83. The molecule has 0 spiro atoms. The van der Waals surface area contributed by atoms with Crippen LogP contribution in [-0.4, -0.2) is 10.9 Å². The van der Waals surface area contributed by atoms with Gasteiger partial charge >= 0.3 is 0 Å². The lowest BCUT2D eigenvalue weighted by Crippen LogP contribution is -2.34. The first-order valence-electron chi connectivity index (χ1n) is 14.0. The van der Waals surface area contributed by atoms with Crippen molar-refractivity contribution >= 4 is 53.5 Å². The van der Waals surface area contributed by atoms with E-state index in [9.17, 15) is 9.90 Å². The van der Waals surface area contributed by atoms with Crippen LogP contribution >= 0.6 is 15.8 Å². The average Bonchev–Trinajstić information content (AvgIpc) is 3.06. The maximum absolute atomic E-state index is 14.3. The highest BCUT2D eigenvalue weighted by molar-refractivity contribution is 7.80. The Bertz CT molecular complexity index is 1640. The van der Waals surface area contributed by atoms with Crippen LogP contribution in [0.2, 0.25) is 0 Å². The second-order valence-corrected chi connectivity index (χ2v) is 14.6. The van der Waals surface area contributed by atoms with Gasteiger partial charge in [-0.1, -0.05) is 158 Å². The summed E-state index contributed by atoms with van der Waals surface area (Å²) >= 11 is 0. The van der Waals surface area contributed by atoms with Gasteiger partial charge in [-0.15, -0.1) is 0 Å². The Morgan fingerprint density at radius 2 is 0.714 bits per heavy atom. The van der Waals surface area contributed by atoms with Crippen molar-refractivity contribution in [3.8, 4) is 0 Å².